The second-order valence-electron chi connectivity index (χ2n) is 12.7. The van der Waals surface area contributed by atoms with Gasteiger partial charge in [0.05, 0.1) is 9.75 Å². The molecule has 44 heavy (non-hydrogen) atoms. The first kappa shape index (κ1) is 34.8. The number of thiophene rings is 2. The third-order valence-corrected chi connectivity index (χ3v) is 11.2. The first-order valence-corrected chi connectivity index (χ1v) is 19.8. The molecule has 0 atom stereocenters. The van der Waals surface area contributed by atoms with Crippen LogP contribution in [0.25, 0.3) is 32.8 Å². The molecule has 4 heterocycles. The van der Waals surface area contributed by atoms with Gasteiger partial charge in [-0.25, -0.2) is 0 Å². The number of hydrogen-bond donors (Lipinski definition) is 0. The van der Waals surface area contributed by atoms with E-state index in [0.29, 0.717) is 0 Å². The lowest BCUT2D eigenvalue weighted by Gasteiger charge is -2.07. The predicted octanol–water partition coefficient (Wildman–Crippen LogP) is 14.5. The molecule has 0 aliphatic heterocycles. The van der Waals surface area contributed by atoms with Crippen LogP contribution in [0.4, 0.5) is 0 Å². The number of unbranched alkanes of at least 4 members (excludes halogenated alkanes) is 12. The Morgan fingerprint density at radius 2 is 0.750 bits per heavy atom. The van der Waals surface area contributed by atoms with Crippen LogP contribution in [0.5, 0.6) is 0 Å². The molecule has 242 valence electrons. The van der Waals surface area contributed by atoms with Gasteiger partial charge in [-0.1, -0.05) is 105 Å². The van der Waals surface area contributed by atoms with Gasteiger partial charge in [0.25, 0.3) is 0 Å². The van der Waals surface area contributed by atoms with Gasteiger partial charge in [0, 0.05) is 0 Å². The fraction of sp³-hybridized carbons (Fsp3) is 0.600. The summed E-state index contributed by atoms with van der Waals surface area (Å²) in [4.78, 5) is 2.65. The van der Waals surface area contributed by atoms with Crippen molar-refractivity contribution in [2.24, 2.45) is 0 Å². The van der Waals surface area contributed by atoms with E-state index in [4.69, 9.17) is 8.83 Å². The summed E-state index contributed by atoms with van der Waals surface area (Å²) in [5.41, 5.74) is 6.15. The van der Waals surface area contributed by atoms with Crippen molar-refractivity contribution < 1.29 is 8.83 Å². The van der Waals surface area contributed by atoms with Crippen molar-refractivity contribution in [2.75, 3.05) is 0 Å². The average Bonchev–Trinajstić information content (AvgIpc) is 3.84. The van der Waals surface area contributed by atoms with E-state index in [0.717, 1.165) is 35.9 Å². The largest absolute Gasteiger partial charge is 0.452 e. The quantitative estimate of drug-likeness (QED) is 0.0759. The molecule has 0 amide bonds. The highest BCUT2D eigenvalue weighted by atomic mass is 32.1. The lowest BCUT2D eigenvalue weighted by molar-refractivity contribution is 0.539. The van der Waals surface area contributed by atoms with Gasteiger partial charge in [-0.05, 0) is 109 Å². The maximum Gasteiger partial charge on any atom is 0.170 e. The summed E-state index contributed by atoms with van der Waals surface area (Å²) in [6.07, 6.45) is 25.5. The molecule has 0 unspecified atom stereocenters. The lowest BCUT2D eigenvalue weighted by atomic mass is 9.98. The minimum atomic E-state index is 0.835. The smallest absolute Gasteiger partial charge is 0.170 e. The summed E-state index contributed by atoms with van der Waals surface area (Å²) in [7, 11) is 0. The molecule has 4 aromatic heterocycles. The fourth-order valence-corrected chi connectivity index (χ4v) is 8.59. The highest BCUT2D eigenvalue weighted by Crippen LogP contribution is 2.41. The minimum Gasteiger partial charge on any atom is -0.452 e. The SMILES string of the molecule is CCCCCCc1csc(-c2ccc(-c3ccc(-c4scc(CCCCCC)c4CCCCCC)o3)o2)c1CCCCCC. The molecule has 0 spiro atoms. The van der Waals surface area contributed by atoms with Gasteiger partial charge in [0.2, 0.25) is 0 Å². The summed E-state index contributed by atoms with van der Waals surface area (Å²) in [5.74, 6) is 3.66. The van der Waals surface area contributed by atoms with E-state index in [2.05, 4.69) is 62.7 Å². The van der Waals surface area contributed by atoms with E-state index in [1.807, 2.05) is 22.7 Å². The molecule has 0 aromatic carbocycles. The molecule has 0 aliphatic rings. The average molecular weight is 635 g/mol. The topological polar surface area (TPSA) is 26.3 Å². The van der Waals surface area contributed by atoms with Crippen LogP contribution in [0.3, 0.4) is 0 Å². The van der Waals surface area contributed by atoms with Crippen molar-refractivity contribution in [1.29, 1.82) is 0 Å². The Kier molecular flexibility index (Phi) is 15.4. The zero-order valence-corrected chi connectivity index (χ0v) is 29.9. The van der Waals surface area contributed by atoms with Crippen LogP contribution in [-0.4, -0.2) is 0 Å². The number of hydrogen-bond acceptors (Lipinski definition) is 4. The molecule has 0 N–H and O–H groups in total. The second-order valence-corrected chi connectivity index (χ2v) is 14.5. The van der Waals surface area contributed by atoms with Gasteiger partial charge >= 0.3 is 0 Å². The van der Waals surface area contributed by atoms with Crippen molar-refractivity contribution in [3.63, 3.8) is 0 Å². The zero-order valence-electron chi connectivity index (χ0n) is 28.2. The molecule has 0 saturated carbocycles. The Morgan fingerprint density at radius 3 is 1.11 bits per heavy atom. The lowest BCUT2D eigenvalue weighted by Crippen LogP contribution is -1.94. The molecule has 4 aromatic rings. The van der Waals surface area contributed by atoms with Crippen molar-refractivity contribution in [3.05, 3.63) is 57.3 Å². The van der Waals surface area contributed by atoms with Crippen LogP contribution < -0.4 is 0 Å². The number of rotatable bonds is 23. The molecule has 4 heteroatoms. The van der Waals surface area contributed by atoms with E-state index in [9.17, 15) is 0 Å². The fourth-order valence-electron chi connectivity index (χ4n) is 6.34. The second kappa shape index (κ2) is 19.5. The van der Waals surface area contributed by atoms with Crippen LogP contribution in [0.2, 0.25) is 0 Å². The summed E-state index contributed by atoms with van der Waals surface area (Å²) in [6, 6.07) is 8.55. The Labute approximate surface area is 276 Å². The van der Waals surface area contributed by atoms with Gasteiger partial charge in [0.1, 0.15) is 11.5 Å². The van der Waals surface area contributed by atoms with E-state index < -0.39 is 0 Å². The maximum atomic E-state index is 6.55. The van der Waals surface area contributed by atoms with Crippen LogP contribution in [0.15, 0.2) is 43.9 Å². The molecule has 2 nitrogen and oxygen atoms in total. The highest BCUT2D eigenvalue weighted by molar-refractivity contribution is 7.14. The molecule has 0 saturated heterocycles. The van der Waals surface area contributed by atoms with Gasteiger partial charge < -0.3 is 8.83 Å². The Balaban J connectivity index is 1.52. The van der Waals surface area contributed by atoms with Crippen molar-refractivity contribution in [3.8, 4) is 32.8 Å². The highest BCUT2D eigenvalue weighted by Gasteiger charge is 2.20. The molecule has 4 rings (SSSR count). The molecule has 0 radical (unpaired) electrons. The van der Waals surface area contributed by atoms with E-state index >= 15 is 0 Å². The van der Waals surface area contributed by atoms with Crippen LogP contribution >= 0.6 is 22.7 Å². The summed E-state index contributed by atoms with van der Waals surface area (Å²) in [5, 5.41) is 4.81. The summed E-state index contributed by atoms with van der Waals surface area (Å²) < 4.78 is 13.1. The van der Waals surface area contributed by atoms with Crippen molar-refractivity contribution in [1.82, 2.24) is 0 Å². The van der Waals surface area contributed by atoms with Gasteiger partial charge in [-0.2, -0.15) is 0 Å². The molecular weight excluding hydrogens is 577 g/mol. The molecule has 0 bridgehead atoms. The minimum absolute atomic E-state index is 0.835. The van der Waals surface area contributed by atoms with Gasteiger partial charge in [-0.3, -0.25) is 0 Å². The summed E-state index contributed by atoms with van der Waals surface area (Å²) in [6.45, 7) is 9.17. The monoisotopic (exact) mass is 634 g/mol. The molecule has 0 aliphatic carbocycles. The van der Waals surface area contributed by atoms with E-state index in [-0.39, 0.29) is 0 Å². The summed E-state index contributed by atoms with van der Waals surface area (Å²) >= 11 is 3.74. The van der Waals surface area contributed by atoms with E-state index in [1.165, 1.54) is 136 Å². The van der Waals surface area contributed by atoms with Gasteiger partial charge in [-0.15, -0.1) is 22.7 Å². The molecular formula is C40H58O2S2. The zero-order chi connectivity index (χ0) is 31.0. The number of furan rings is 2. The third kappa shape index (κ3) is 9.98. The maximum absolute atomic E-state index is 6.55. The first-order chi connectivity index (χ1) is 21.7. The number of aryl methyl sites for hydroxylation is 2. The van der Waals surface area contributed by atoms with Crippen molar-refractivity contribution >= 4 is 22.7 Å². The first-order valence-electron chi connectivity index (χ1n) is 18.1. The Bertz CT molecular complexity index is 1230. The third-order valence-electron chi connectivity index (χ3n) is 9.02. The van der Waals surface area contributed by atoms with Crippen LogP contribution in [-0.2, 0) is 25.7 Å². The Morgan fingerprint density at radius 1 is 0.409 bits per heavy atom. The van der Waals surface area contributed by atoms with Crippen molar-refractivity contribution in [2.45, 2.75) is 156 Å². The van der Waals surface area contributed by atoms with Gasteiger partial charge in [0.15, 0.2) is 11.5 Å². The normalized spacial score (nSPS) is 11.6. The predicted molar refractivity (Wildman–Crippen MR) is 194 cm³/mol. The van der Waals surface area contributed by atoms with Crippen LogP contribution in [0.1, 0.15) is 153 Å². The standard InChI is InChI=1S/C40H58O2S2/c1-5-9-13-17-21-31-29-43-39(33(31)23-19-15-11-7-3)37-27-25-35(41-37)36-26-28-38(42-36)40-34(24-20-16-12-8-4)32(30-44-40)22-18-14-10-6-2/h25-30H,5-24H2,1-4H3. The Hall–Kier alpha value is -2.04. The van der Waals surface area contributed by atoms with Crippen LogP contribution in [0, 0.1) is 0 Å². The molecule has 0 fully saturated rings. The van der Waals surface area contributed by atoms with E-state index in [1.54, 1.807) is 11.1 Å².